The van der Waals surface area contributed by atoms with Crippen LogP contribution in [0, 0.1) is 0 Å². The van der Waals surface area contributed by atoms with Crippen molar-refractivity contribution in [1.82, 2.24) is 10.6 Å². The summed E-state index contributed by atoms with van der Waals surface area (Å²) in [5.74, 6) is -0.661. The summed E-state index contributed by atoms with van der Waals surface area (Å²) < 4.78 is 35.4. The average Bonchev–Trinajstić information content (AvgIpc) is 2.75. The summed E-state index contributed by atoms with van der Waals surface area (Å²) in [6, 6.07) is 3.73. The summed E-state index contributed by atoms with van der Waals surface area (Å²) in [5.41, 5.74) is 0. The fourth-order valence-corrected chi connectivity index (χ4v) is 1.90. The number of nitrogens with one attached hydrogen (secondary N) is 2. The molecule has 1 amide bonds. The van der Waals surface area contributed by atoms with Crippen LogP contribution in [0.1, 0.15) is 17.8 Å². The quantitative estimate of drug-likeness (QED) is 0.856. The van der Waals surface area contributed by atoms with Gasteiger partial charge < -0.3 is 10.6 Å². The van der Waals surface area contributed by atoms with E-state index in [4.69, 9.17) is 0 Å². The number of carbonyl (C=O) groups is 1. The molecule has 0 spiro atoms. The molecule has 0 aromatic carbocycles. The highest BCUT2D eigenvalue weighted by Crippen LogP contribution is 2.17. The summed E-state index contributed by atoms with van der Waals surface area (Å²) in [6.45, 7) is 0.429. The molecule has 1 heterocycles. The van der Waals surface area contributed by atoms with Gasteiger partial charge in [0, 0.05) is 10.9 Å². The van der Waals surface area contributed by atoms with Gasteiger partial charge in [-0.25, -0.2) is 0 Å². The average molecular weight is 266 g/mol. The van der Waals surface area contributed by atoms with Crippen molar-refractivity contribution in [2.45, 2.75) is 19.1 Å². The van der Waals surface area contributed by atoms with Crippen molar-refractivity contribution in [1.29, 1.82) is 0 Å². The molecule has 0 aliphatic carbocycles. The second kappa shape index (κ2) is 6.02. The minimum atomic E-state index is -4.37. The van der Waals surface area contributed by atoms with Gasteiger partial charge in [0.2, 0.25) is 5.91 Å². The lowest BCUT2D eigenvalue weighted by molar-refractivity contribution is -0.137. The van der Waals surface area contributed by atoms with Gasteiger partial charge in [-0.1, -0.05) is 6.07 Å². The fraction of sp³-hybridized carbons (Fsp3) is 0.500. The smallest absolute Gasteiger partial charge is 0.346 e. The van der Waals surface area contributed by atoms with E-state index in [1.165, 1.54) is 11.3 Å². The van der Waals surface area contributed by atoms with E-state index < -0.39 is 18.6 Å². The van der Waals surface area contributed by atoms with Crippen LogP contribution in [0.4, 0.5) is 13.2 Å². The van der Waals surface area contributed by atoms with Gasteiger partial charge >= 0.3 is 6.18 Å². The number of carbonyl (C=O) groups excluding carboxylic acids is 1. The lowest BCUT2D eigenvalue weighted by Crippen LogP contribution is -2.39. The van der Waals surface area contributed by atoms with Gasteiger partial charge in [-0.3, -0.25) is 4.79 Å². The zero-order valence-electron chi connectivity index (χ0n) is 9.17. The first-order chi connectivity index (χ1) is 7.88. The van der Waals surface area contributed by atoms with Gasteiger partial charge in [-0.05, 0) is 18.4 Å². The minimum absolute atomic E-state index is 0.0494. The van der Waals surface area contributed by atoms with Crippen molar-refractivity contribution in [3.05, 3.63) is 22.4 Å². The van der Waals surface area contributed by atoms with Gasteiger partial charge in [0.15, 0.2) is 0 Å². The predicted octanol–water partition coefficient (Wildman–Crippen LogP) is 2.08. The van der Waals surface area contributed by atoms with Crippen LogP contribution >= 0.6 is 11.3 Å². The molecule has 0 fully saturated rings. The van der Waals surface area contributed by atoms with E-state index >= 15 is 0 Å². The highest BCUT2D eigenvalue weighted by molar-refractivity contribution is 7.10. The molecule has 3 nitrogen and oxygen atoms in total. The topological polar surface area (TPSA) is 41.1 Å². The normalized spacial score (nSPS) is 13.4. The molecule has 0 aliphatic rings. The van der Waals surface area contributed by atoms with Gasteiger partial charge in [0.1, 0.15) is 6.54 Å². The van der Waals surface area contributed by atoms with E-state index in [1.807, 2.05) is 24.4 Å². The van der Waals surface area contributed by atoms with Crippen LogP contribution in [0.25, 0.3) is 0 Å². The Labute approximate surface area is 101 Å². The zero-order chi connectivity index (χ0) is 12.9. The van der Waals surface area contributed by atoms with Gasteiger partial charge in [-0.15, -0.1) is 11.3 Å². The first-order valence-electron chi connectivity index (χ1n) is 4.99. The van der Waals surface area contributed by atoms with E-state index in [1.54, 1.807) is 5.32 Å². The van der Waals surface area contributed by atoms with Crippen molar-refractivity contribution >= 4 is 17.2 Å². The third-order valence-corrected chi connectivity index (χ3v) is 3.08. The maximum absolute atomic E-state index is 11.8. The SMILES string of the molecule is C[C@H](NCC(=O)NCC(F)(F)F)c1cccs1. The van der Waals surface area contributed by atoms with Crippen molar-refractivity contribution in [2.75, 3.05) is 13.1 Å². The molecule has 1 rings (SSSR count). The maximum atomic E-state index is 11.8. The molecule has 1 aromatic heterocycles. The molecule has 1 aromatic rings. The molecule has 2 N–H and O–H groups in total. The third kappa shape index (κ3) is 5.69. The number of thiophene rings is 1. The van der Waals surface area contributed by atoms with Crippen molar-refractivity contribution < 1.29 is 18.0 Å². The van der Waals surface area contributed by atoms with Crippen molar-refractivity contribution in [3.8, 4) is 0 Å². The Hall–Kier alpha value is -1.08. The number of halogens is 3. The zero-order valence-corrected chi connectivity index (χ0v) is 9.99. The standard InChI is InChI=1S/C10H13F3N2OS/c1-7(8-3-2-4-17-8)14-5-9(16)15-6-10(11,12)13/h2-4,7,14H,5-6H2,1H3,(H,15,16)/t7-/m0/s1. The van der Waals surface area contributed by atoms with Crippen LogP contribution in [0.2, 0.25) is 0 Å². The summed E-state index contributed by atoms with van der Waals surface area (Å²) in [4.78, 5) is 12.1. The second-order valence-corrected chi connectivity index (χ2v) is 4.49. The van der Waals surface area contributed by atoms with Crippen LogP contribution in [0.15, 0.2) is 17.5 Å². The highest BCUT2D eigenvalue weighted by Gasteiger charge is 2.27. The van der Waals surface area contributed by atoms with E-state index in [-0.39, 0.29) is 12.6 Å². The van der Waals surface area contributed by atoms with Gasteiger partial charge in [0.25, 0.3) is 0 Å². The van der Waals surface area contributed by atoms with E-state index in [2.05, 4.69) is 5.32 Å². The largest absolute Gasteiger partial charge is 0.405 e. The molecule has 17 heavy (non-hydrogen) atoms. The number of alkyl halides is 3. The molecule has 0 radical (unpaired) electrons. The summed E-state index contributed by atoms with van der Waals surface area (Å²) in [5, 5.41) is 6.55. The first-order valence-corrected chi connectivity index (χ1v) is 5.86. The first kappa shape index (κ1) is 14.0. The van der Waals surface area contributed by atoms with Gasteiger partial charge in [-0.2, -0.15) is 13.2 Å². The Morgan fingerprint density at radius 1 is 1.53 bits per heavy atom. The molecule has 96 valence electrons. The Bertz CT molecular complexity index is 351. The van der Waals surface area contributed by atoms with Crippen LogP contribution in [0.3, 0.4) is 0 Å². The molecule has 0 saturated carbocycles. The molecule has 1 atom stereocenters. The number of hydrogen-bond acceptors (Lipinski definition) is 3. The Morgan fingerprint density at radius 3 is 2.76 bits per heavy atom. The van der Waals surface area contributed by atoms with E-state index in [0.717, 1.165) is 4.88 Å². The molecule has 7 heteroatoms. The minimum Gasteiger partial charge on any atom is -0.346 e. The summed E-state index contributed by atoms with van der Waals surface area (Å²) in [6.07, 6.45) is -4.37. The molecule has 0 saturated heterocycles. The lowest BCUT2D eigenvalue weighted by atomic mass is 10.3. The monoisotopic (exact) mass is 266 g/mol. The third-order valence-electron chi connectivity index (χ3n) is 2.02. The van der Waals surface area contributed by atoms with Crippen LogP contribution in [-0.4, -0.2) is 25.2 Å². The Kier molecular flexibility index (Phi) is 4.95. The molecule has 0 unspecified atom stereocenters. The van der Waals surface area contributed by atoms with Crippen LogP contribution in [-0.2, 0) is 4.79 Å². The van der Waals surface area contributed by atoms with E-state index in [9.17, 15) is 18.0 Å². The molecular weight excluding hydrogens is 253 g/mol. The van der Waals surface area contributed by atoms with Gasteiger partial charge in [0.05, 0.1) is 6.54 Å². The predicted molar refractivity (Wildman–Crippen MR) is 59.8 cm³/mol. The molecule has 0 bridgehead atoms. The number of rotatable bonds is 5. The summed E-state index contributed by atoms with van der Waals surface area (Å²) in [7, 11) is 0. The van der Waals surface area contributed by atoms with E-state index in [0.29, 0.717) is 0 Å². The number of amides is 1. The maximum Gasteiger partial charge on any atom is 0.405 e. The Balaban J connectivity index is 2.24. The second-order valence-electron chi connectivity index (χ2n) is 3.51. The lowest BCUT2D eigenvalue weighted by Gasteiger charge is -2.12. The van der Waals surface area contributed by atoms with Crippen molar-refractivity contribution in [3.63, 3.8) is 0 Å². The Morgan fingerprint density at radius 2 is 2.24 bits per heavy atom. The summed E-state index contributed by atoms with van der Waals surface area (Å²) >= 11 is 1.53. The fourth-order valence-electron chi connectivity index (χ4n) is 1.15. The highest BCUT2D eigenvalue weighted by atomic mass is 32.1. The molecular formula is C10H13F3N2OS. The molecule has 0 aliphatic heterocycles. The van der Waals surface area contributed by atoms with Crippen LogP contribution < -0.4 is 10.6 Å². The number of hydrogen-bond donors (Lipinski definition) is 2. The van der Waals surface area contributed by atoms with Crippen LogP contribution in [0.5, 0.6) is 0 Å². The van der Waals surface area contributed by atoms with Crippen molar-refractivity contribution in [2.24, 2.45) is 0 Å².